The molecule has 0 aromatic carbocycles. The minimum atomic E-state index is -0.0613. The summed E-state index contributed by atoms with van der Waals surface area (Å²) in [5.41, 5.74) is 1.04. The zero-order valence-electron chi connectivity index (χ0n) is 9.20. The van der Waals surface area contributed by atoms with Crippen molar-refractivity contribution in [1.29, 1.82) is 0 Å². The van der Waals surface area contributed by atoms with Crippen molar-refractivity contribution in [2.24, 2.45) is 0 Å². The van der Waals surface area contributed by atoms with Crippen molar-refractivity contribution < 1.29 is 4.74 Å². The number of pyridine rings is 1. The van der Waals surface area contributed by atoms with Gasteiger partial charge in [0.05, 0.1) is 17.8 Å². The highest BCUT2D eigenvalue weighted by atomic mass is 16.5. The first kappa shape index (κ1) is 10.6. The molecule has 1 fully saturated rings. The Morgan fingerprint density at radius 1 is 1.47 bits per heavy atom. The number of hydrogen-bond donors (Lipinski definition) is 1. The van der Waals surface area contributed by atoms with E-state index in [1.165, 1.54) is 12.8 Å². The van der Waals surface area contributed by atoms with Crippen LogP contribution in [0, 0.1) is 0 Å². The second-order valence-electron chi connectivity index (χ2n) is 4.11. The molecule has 1 aromatic rings. The second kappa shape index (κ2) is 4.73. The van der Waals surface area contributed by atoms with E-state index in [9.17, 15) is 0 Å². The van der Waals surface area contributed by atoms with Crippen molar-refractivity contribution in [1.82, 2.24) is 10.3 Å². The van der Waals surface area contributed by atoms with E-state index in [-0.39, 0.29) is 5.54 Å². The Balaban J connectivity index is 2.25. The van der Waals surface area contributed by atoms with E-state index in [4.69, 9.17) is 4.74 Å². The fourth-order valence-corrected chi connectivity index (χ4v) is 2.28. The first-order valence-corrected chi connectivity index (χ1v) is 5.53. The largest absolute Gasteiger partial charge is 0.382 e. The normalized spacial score (nSPS) is 26.5. The summed E-state index contributed by atoms with van der Waals surface area (Å²) in [4.78, 5) is 4.45. The topological polar surface area (TPSA) is 34.1 Å². The summed E-state index contributed by atoms with van der Waals surface area (Å²) in [6.45, 7) is 1.75. The smallest absolute Gasteiger partial charge is 0.0845 e. The van der Waals surface area contributed by atoms with Gasteiger partial charge in [0.1, 0.15) is 0 Å². The highest BCUT2D eigenvalue weighted by molar-refractivity contribution is 5.17. The molecule has 0 spiro atoms. The summed E-state index contributed by atoms with van der Waals surface area (Å²) < 4.78 is 5.34. The number of ether oxygens (including phenoxy) is 1. The maximum absolute atomic E-state index is 5.34. The Morgan fingerprint density at radius 2 is 2.40 bits per heavy atom. The maximum atomic E-state index is 5.34. The summed E-state index contributed by atoms with van der Waals surface area (Å²) >= 11 is 0. The van der Waals surface area contributed by atoms with Crippen LogP contribution in [0.25, 0.3) is 0 Å². The van der Waals surface area contributed by atoms with Gasteiger partial charge in [-0.1, -0.05) is 6.07 Å². The quantitative estimate of drug-likeness (QED) is 0.817. The van der Waals surface area contributed by atoms with Gasteiger partial charge in [0.25, 0.3) is 0 Å². The molecule has 82 valence electrons. The van der Waals surface area contributed by atoms with Crippen LogP contribution in [0.1, 0.15) is 25.0 Å². The number of rotatable bonds is 3. The van der Waals surface area contributed by atoms with Crippen LogP contribution in [0.5, 0.6) is 0 Å². The molecule has 3 heteroatoms. The van der Waals surface area contributed by atoms with E-state index < -0.39 is 0 Å². The molecule has 1 aliphatic rings. The van der Waals surface area contributed by atoms with E-state index in [1.807, 2.05) is 18.3 Å². The van der Waals surface area contributed by atoms with Crippen molar-refractivity contribution in [3.63, 3.8) is 0 Å². The number of aromatic nitrogens is 1. The first-order chi connectivity index (χ1) is 7.37. The number of methoxy groups -OCH3 is 1. The predicted octanol–water partition coefficient (Wildman–Crippen LogP) is 1.70. The molecule has 0 radical (unpaired) electrons. The van der Waals surface area contributed by atoms with E-state index in [0.717, 1.165) is 18.7 Å². The van der Waals surface area contributed by atoms with Gasteiger partial charge in [0.15, 0.2) is 0 Å². The molecule has 0 amide bonds. The number of nitrogens with one attached hydrogen (secondary N) is 1. The molecule has 0 aliphatic carbocycles. The number of piperidine rings is 1. The van der Waals surface area contributed by atoms with Gasteiger partial charge < -0.3 is 10.1 Å². The van der Waals surface area contributed by atoms with Gasteiger partial charge in [-0.05, 0) is 37.9 Å². The second-order valence-corrected chi connectivity index (χ2v) is 4.11. The maximum Gasteiger partial charge on any atom is 0.0845 e. The SMILES string of the molecule is COCC1(c2ccccn2)CCCCN1. The molecule has 3 nitrogen and oxygen atoms in total. The van der Waals surface area contributed by atoms with Gasteiger partial charge in [0.2, 0.25) is 0 Å². The van der Waals surface area contributed by atoms with Gasteiger partial charge >= 0.3 is 0 Å². The molecule has 1 saturated heterocycles. The molecule has 1 aliphatic heterocycles. The lowest BCUT2D eigenvalue weighted by Gasteiger charge is -2.37. The molecule has 0 saturated carbocycles. The zero-order chi connectivity index (χ0) is 10.6. The Morgan fingerprint density at radius 3 is 3.00 bits per heavy atom. The van der Waals surface area contributed by atoms with Crippen molar-refractivity contribution >= 4 is 0 Å². The van der Waals surface area contributed by atoms with E-state index >= 15 is 0 Å². The fourth-order valence-electron chi connectivity index (χ4n) is 2.28. The molecule has 15 heavy (non-hydrogen) atoms. The van der Waals surface area contributed by atoms with E-state index in [0.29, 0.717) is 6.61 Å². The average Bonchev–Trinajstić information content (AvgIpc) is 2.32. The lowest BCUT2D eigenvalue weighted by Crippen LogP contribution is -2.49. The van der Waals surface area contributed by atoms with Crippen molar-refractivity contribution in [3.8, 4) is 0 Å². The molecular formula is C12H18N2O. The van der Waals surface area contributed by atoms with E-state index in [2.05, 4.69) is 16.4 Å². The van der Waals surface area contributed by atoms with Gasteiger partial charge in [-0.25, -0.2) is 0 Å². The van der Waals surface area contributed by atoms with Crippen LogP contribution in [0.4, 0.5) is 0 Å². The van der Waals surface area contributed by atoms with Crippen molar-refractivity contribution in [3.05, 3.63) is 30.1 Å². The minimum Gasteiger partial charge on any atom is -0.382 e. The highest BCUT2D eigenvalue weighted by Crippen LogP contribution is 2.28. The third-order valence-electron chi connectivity index (χ3n) is 3.04. The monoisotopic (exact) mass is 206 g/mol. The number of nitrogens with zero attached hydrogens (tertiary/aromatic N) is 1. The standard InChI is InChI=1S/C12H18N2O/c1-15-10-12(7-3-5-9-14-12)11-6-2-4-8-13-11/h2,4,6,8,14H,3,5,7,9-10H2,1H3. The Kier molecular flexibility index (Phi) is 3.34. The van der Waals surface area contributed by atoms with Crippen LogP contribution < -0.4 is 5.32 Å². The van der Waals surface area contributed by atoms with Crippen LogP contribution >= 0.6 is 0 Å². The fraction of sp³-hybridized carbons (Fsp3) is 0.583. The van der Waals surface area contributed by atoms with E-state index in [1.54, 1.807) is 7.11 Å². The van der Waals surface area contributed by atoms with Crippen LogP contribution in [-0.2, 0) is 10.3 Å². The summed E-state index contributed by atoms with van der Waals surface area (Å²) in [5, 5.41) is 3.56. The summed E-state index contributed by atoms with van der Waals surface area (Å²) in [6.07, 6.45) is 5.45. The third-order valence-corrected chi connectivity index (χ3v) is 3.04. The predicted molar refractivity (Wildman–Crippen MR) is 59.6 cm³/mol. The molecule has 1 atom stereocenters. The van der Waals surface area contributed by atoms with Crippen LogP contribution in [-0.4, -0.2) is 25.2 Å². The molecule has 0 bridgehead atoms. The summed E-state index contributed by atoms with van der Waals surface area (Å²) in [7, 11) is 1.75. The average molecular weight is 206 g/mol. The number of hydrogen-bond acceptors (Lipinski definition) is 3. The summed E-state index contributed by atoms with van der Waals surface area (Å²) in [5.74, 6) is 0. The highest BCUT2D eigenvalue weighted by Gasteiger charge is 2.34. The Labute approximate surface area is 90.9 Å². The van der Waals surface area contributed by atoms with Crippen molar-refractivity contribution in [2.45, 2.75) is 24.8 Å². The lowest BCUT2D eigenvalue weighted by molar-refractivity contribution is 0.0856. The Hall–Kier alpha value is -0.930. The molecule has 1 aromatic heterocycles. The third kappa shape index (κ3) is 2.19. The molecule has 2 rings (SSSR count). The Bertz CT molecular complexity index is 288. The summed E-state index contributed by atoms with van der Waals surface area (Å²) in [6, 6.07) is 6.07. The minimum absolute atomic E-state index is 0.0613. The van der Waals surface area contributed by atoms with Crippen LogP contribution in [0.15, 0.2) is 24.4 Å². The first-order valence-electron chi connectivity index (χ1n) is 5.53. The molecule has 1 unspecified atom stereocenters. The molecular weight excluding hydrogens is 188 g/mol. The molecule has 2 heterocycles. The van der Waals surface area contributed by atoms with Crippen LogP contribution in [0.2, 0.25) is 0 Å². The zero-order valence-corrected chi connectivity index (χ0v) is 9.20. The van der Waals surface area contributed by atoms with Gasteiger partial charge in [-0.15, -0.1) is 0 Å². The van der Waals surface area contributed by atoms with Gasteiger partial charge in [-0.2, -0.15) is 0 Å². The van der Waals surface area contributed by atoms with Gasteiger partial charge in [0, 0.05) is 13.3 Å². The van der Waals surface area contributed by atoms with Crippen LogP contribution in [0.3, 0.4) is 0 Å². The van der Waals surface area contributed by atoms with Gasteiger partial charge in [-0.3, -0.25) is 4.98 Å². The lowest BCUT2D eigenvalue weighted by atomic mass is 9.86. The molecule has 1 N–H and O–H groups in total. The van der Waals surface area contributed by atoms with Crippen molar-refractivity contribution in [2.75, 3.05) is 20.3 Å².